The van der Waals surface area contributed by atoms with Gasteiger partial charge >= 0.3 is 0 Å². The minimum atomic E-state index is 0.399. The molecule has 0 aromatic rings. The molecule has 1 atom stereocenters. The first-order valence-electron chi connectivity index (χ1n) is 6.72. The molecule has 0 radical (unpaired) electrons. The predicted octanol–water partition coefficient (Wildman–Crippen LogP) is 2.39. The minimum absolute atomic E-state index is 0.399. The lowest BCUT2D eigenvalue weighted by molar-refractivity contribution is 0.157. The Kier molecular flexibility index (Phi) is 3.68. The Morgan fingerprint density at radius 2 is 2.13 bits per heavy atom. The molecule has 15 heavy (non-hydrogen) atoms. The fourth-order valence-electron chi connectivity index (χ4n) is 2.82. The summed E-state index contributed by atoms with van der Waals surface area (Å²) in [4.78, 5) is 2.72. The molecule has 1 aliphatic carbocycles. The van der Waals surface area contributed by atoms with Crippen LogP contribution in [0.2, 0.25) is 0 Å². The van der Waals surface area contributed by atoms with E-state index in [1.54, 1.807) is 0 Å². The molecule has 2 nitrogen and oxygen atoms in total. The van der Waals surface area contributed by atoms with E-state index in [4.69, 9.17) is 0 Å². The summed E-state index contributed by atoms with van der Waals surface area (Å²) in [7, 11) is 0. The Bertz CT molecular complexity index is 193. The maximum atomic E-state index is 3.73. The average molecular weight is 210 g/mol. The Hall–Kier alpha value is -0.0800. The standard InChI is InChI=1S/C13H26N2/c1-3-10-15(12-6-7-12)11-13(2)8-4-5-9-14-13/h12,14H,3-11H2,1-2H3. The minimum Gasteiger partial charge on any atom is -0.310 e. The first kappa shape index (κ1) is 11.4. The lowest BCUT2D eigenvalue weighted by Crippen LogP contribution is -2.54. The van der Waals surface area contributed by atoms with Crippen molar-refractivity contribution in [2.75, 3.05) is 19.6 Å². The summed E-state index contributed by atoms with van der Waals surface area (Å²) in [6.07, 6.45) is 8.32. The van der Waals surface area contributed by atoms with E-state index in [1.165, 1.54) is 58.2 Å². The van der Waals surface area contributed by atoms with Crippen molar-refractivity contribution < 1.29 is 0 Å². The number of nitrogens with one attached hydrogen (secondary N) is 1. The van der Waals surface area contributed by atoms with E-state index >= 15 is 0 Å². The van der Waals surface area contributed by atoms with Gasteiger partial charge in [-0.3, -0.25) is 4.90 Å². The van der Waals surface area contributed by atoms with Gasteiger partial charge in [0.2, 0.25) is 0 Å². The number of piperidine rings is 1. The third kappa shape index (κ3) is 3.18. The molecule has 2 rings (SSSR count). The number of hydrogen-bond donors (Lipinski definition) is 1. The Morgan fingerprint density at radius 3 is 2.67 bits per heavy atom. The van der Waals surface area contributed by atoms with Crippen molar-refractivity contribution in [3.8, 4) is 0 Å². The second kappa shape index (κ2) is 4.84. The molecule has 1 aliphatic heterocycles. The van der Waals surface area contributed by atoms with Gasteiger partial charge in [0.25, 0.3) is 0 Å². The molecule has 1 unspecified atom stereocenters. The van der Waals surface area contributed by atoms with Crippen molar-refractivity contribution in [1.82, 2.24) is 10.2 Å². The van der Waals surface area contributed by atoms with Crippen LogP contribution < -0.4 is 5.32 Å². The number of nitrogens with zero attached hydrogens (tertiary/aromatic N) is 1. The fraction of sp³-hybridized carbons (Fsp3) is 1.00. The molecule has 1 heterocycles. The van der Waals surface area contributed by atoms with Crippen LogP contribution in [0.4, 0.5) is 0 Å². The van der Waals surface area contributed by atoms with Crippen molar-refractivity contribution in [3.05, 3.63) is 0 Å². The molecule has 2 fully saturated rings. The molecular weight excluding hydrogens is 184 g/mol. The summed E-state index contributed by atoms with van der Waals surface area (Å²) in [6, 6.07) is 0.922. The van der Waals surface area contributed by atoms with Crippen molar-refractivity contribution in [3.63, 3.8) is 0 Å². The van der Waals surface area contributed by atoms with Crippen LogP contribution in [0.25, 0.3) is 0 Å². The van der Waals surface area contributed by atoms with Crippen LogP contribution in [0.5, 0.6) is 0 Å². The van der Waals surface area contributed by atoms with Crippen LogP contribution in [0.3, 0.4) is 0 Å². The first-order chi connectivity index (χ1) is 7.23. The maximum absolute atomic E-state index is 3.73. The lowest BCUT2D eigenvalue weighted by Gasteiger charge is -2.39. The summed E-state index contributed by atoms with van der Waals surface area (Å²) in [6.45, 7) is 8.50. The zero-order valence-electron chi connectivity index (χ0n) is 10.4. The predicted molar refractivity (Wildman–Crippen MR) is 65.1 cm³/mol. The Morgan fingerprint density at radius 1 is 1.33 bits per heavy atom. The van der Waals surface area contributed by atoms with E-state index in [0.717, 1.165) is 6.04 Å². The van der Waals surface area contributed by atoms with E-state index in [2.05, 4.69) is 24.1 Å². The number of rotatable bonds is 5. The Balaban J connectivity index is 1.85. The molecule has 0 amide bonds. The smallest absolute Gasteiger partial charge is 0.0280 e. The van der Waals surface area contributed by atoms with Gasteiger partial charge in [-0.2, -0.15) is 0 Å². The molecule has 0 aromatic heterocycles. The van der Waals surface area contributed by atoms with Gasteiger partial charge < -0.3 is 5.32 Å². The maximum Gasteiger partial charge on any atom is 0.0280 e. The molecule has 1 saturated heterocycles. The molecule has 0 aromatic carbocycles. The second-order valence-electron chi connectivity index (χ2n) is 5.65. The van der Waals surface area contributed by atoms with Crippen LogP contribution in [0.1, 0.15) is 52.4 Å². The van der Waals surface area contributed by atoms with Gasteiger partial charge in [0, 0.05) is 18.1 Å². The first-order valence-corrected chi connectivity index (χ1v) is 6.72. The molecule has 1 N–H and O–H groups in total. The zero-order chi connectivity index (χ0) is 10.7. The van der Waals surface area contributed by atoms with Crippen LogP contribution in [0.15, 0.2) is 0 Å². The average Bonchev–Trinajstić information content (AvgIpc) is 3.01. The van der Waals surface area contributed by atoms with Gasteiger partial charge in [0.15, 0.2) is 0 Å². The van der Waals surface area contributed by atoms with E-state index < -0.39 is 0 Å². The molecular formula is C13H26N2. The summed E-state index contributed by atoms with van der Waals surface area (Å²) >= 11 is 0. The van der Waals surface area contributed by atoms with Crippen molar-refractivity contribution in [2.24, 2.45) is 0 Å². The summed E-state index contributed by atoms with van der Waals surface area (Å²) in [5, 5.41) is 3.73. The highest BCUT2D eigenvalue weighted by molar-refractivity contribution is 4.94. The summed E-state index contributed by atoms with van der Waals surface area (Å²) in [5.41, 5.74) is 0.399. The van der Waals surface area contributed by atoms with E-state index in [-0.39, 0.29) is 0 Å². The monoisotopic (exact) mass is 210 g/mol. The molecule has 2 aliphatic rings. The zero-order valence-corrected chi connectivity index (χ0v) is 10.4. The van der Waals surface area contributed by atoms with E-state index in [9.17, 15) is 0 Å². The van der Waals surface area contributed by atoms with Gasteiger partial charge in [0.1, 0.15) is 0 Å². The molecule has 0 bridgehead atoms. The number of hydrogen-bond acceptors (Lipinski definition) is 2. The van der Waals surface area contributed by atoms with Crippen LogP contribution in [0, 0.1) is 0 Å². The third-order valence-electron chi connectivity index (χ3n) is 3.83. The van der Waals surface area contributed by atoms with Crippen LogP contribution in [-0.4, -0.2) is 36.1 Å². The molecule has 1 saturated carbocycles. The van der Waals surface area contributed by atoms with Crippen molar-refractivity contribution in [1.29, 1.82) is 0 Å². The van der Waals surface area contributed by atoms with Crippen molar-refractivity contribution in [2.45, 2.75) is 64.0 Å². The Labute approximate surface area is 94.4 Å². The molecule has 2 heteroatoms. The summed E-state index contributed by atoms with van der Waals surface area (Å²) < 4.78 is 0. The highest BCUT2D eigenvalue weighted by Crippen LogP contribution is 2.30. The third-order valence-corrected chi connectivity index (χ3v) is 3.83. The van der Waals surface area contributed by atoms with Crippen LogP contribution in [-0.2, 0) is 0 Å². The topological polar surface area (TPSA) is 15.3 Å². The highest BCUT2D eigenvalue weighted by atomic mass is 15.2. The van der Waals surface area contributed by atoms with Gasteiger partial charge in [-0.1, -0.05) is 13.3 Å². The summed E-state index contributed by atoms with van der Waals surface area (Å²) in [5.74, 6) is 0. The van der Waals surface area contributed by atoms with Gasteiger partial charge in [-0.15, -0.1) is 0 Å². The largest absolute Gasteiger partial charge is 0.310 e. The lowest BCUT2D eigenvalue weighted by atomic mass is 9.90. The van der Waals surface area contributed by atoms with E-state index in [1.807, 2.05) is 0 Å². The SMILES string of the molecule is CCCN(CC1(C)CCCCN1)C1CC1. The fourth-order valence-corrected chi connectivity index (χ4v) is 2.82. The van der Waals surface area contributed by atoms with Gasteiger partial charge in [0.05, 0.1) is 0 Å². The van der Waals surface area contributed by atoms with Crippen LogP contribution >= 0.6 is 0 Å². The van der Waals surface area contributed by atoms with E-state index in [0.29, 0.717) is 5.54 Å². The quantitative estimate of drug-likeness (QED) is 0.749. The van der Waals surface area contributed by atoms with Crippen molar-refractivity contribution >= 4 is 0 Å². The molecule has 0 spiro atoms. The van der Waals surface area contributed by atoms with Gasteiger partial charge in [-0.25, -0.2) is 0 Å². The highest BCUT2D eigenvalue weighted by Gasteiger charge is 2.34. The molecule has 88 valence electrons. The van der Waals surface area contributed by atoms with Gasteiger partial charge in [-0.05, 0) is 52.1 Å². The normalized spacial score (nSPS) is 32.2. The second-order valence-corrected chi connectivity index (χ2v) is 5.65.